The van der Waals surface area contributed by atoms with Crippen LogP contribution in [0.5, 0.6) is 0 Å². The predicted molar refractivity (Wildman–Crippen MR) is 69.5 cm³/mol. The molecule has 0 radical (unpaired) electrons. The second kappa shape index (κ2) is 5.13. The molecule has 7 heteroatoms. The lowest BCUT2D eigenvalue weighted by atomic mass is 10.3. The molecule has 0 amide bonds. The molecule has 90 valence electrons. The van der Waals surface area contributed by atoms with E-state index in [0.717, 1.165) is 18.7 Å². The molecule has 0 aromatic carbocycles. The summed E-state index contributed by atoms with van der Waals surface area (Å²) in [6.07, 6.45) is 2.63. The van der Waals surface area contributed by atoms with Gasteiger partial charge in [-0.3, -0.25) is 4.68 Å². The van der Waals surface area contributed by atoms with Gasteiger partial charge in [-0.25, -0.2) is 4.98 Å². The van der Waals surface area contributed by atoms with E-state index in [0.29, 0.717) is 16.4 Å². The predicted octanol–water partition coefficient (Wildman–Crippen LogP) is 1.21. The standard InChI is InChI=1S/C10H13BrN6/c1-17-7(3-5-14-17)2-4-13-10-15-8(11)6-9(12)16-10/h3,5-6H,2,4H2,1H3,(H3,12,13,15,16). The van der Waals surface area contributed by atoms with Crippen molar-refractivity contribution < 1.29 is 0 Å². The molecule has 0 aliphatic heterocycles. The van der Waals surface area contributed by atoms with E-state index >= 15 is 0 Å². The molecule has 2 aromatic heterocycles. The van der Waals surface area contributed by atoms with E-state index in [4.69, 9.17) is 5.73 Å². The quantitative estimate of drug-likeness (QED) is 0.829. The Balaban J connectivity index is 1.92. The maximum absolute atomic E-state index is 5.61. The lowest BCUT2D eigenvalue weighted by Gasteiger charge is -2.06. The van der Waals surface area contributed by atoms with Gasteiger partial charge in [0.25, 0.3) is 0 Å². The van der Waals surface area contributed by atoms with Gasteiger partial charge in [0, 0.05) is 38.0 Å². The van der Waals surface area contributed by atoms with Gasteiger partial charge in [-0.1, -0.05) is 0 Å². The summed E-state index contributed by atoms with van der Waals surface area (Å²) in [5, 5.41) is 7.22. The highest BCUT2D eigenvalue weighted by molar-refractivity contribution is 9.10. The molecule has 0 saturated carbocycles. The topological polar surface area (TPSA) is 81.7 Å². The molecule has 2 aromatic rings. The minimum atomic E-state index is 0.440. The fourth-order valence-electron chi connectivity index (χ4n) is 1.46. The van der Waals surface area contributed by atoms with Crippen molar-refractivity contribution in [3.63, 3.8) is 0 Å². The van der Waals surface area contributed by atoms with Crippen molar-refractivity contribution in [2.45, 2.75) is 6.42 Å². The number of hydrogen-bond donors (Lipinski definition) is 2. The molecule has 0 spiro atoms. The van der Waals surface area contributed by atoms with Crippen molar-refractivity contribution in [2.75, 3.05) is 17.6 Å². The molecule has 0 aliphatic rings. The zero-order valence-electron chi connectivity index (χ0n) is 9.39. The Hall–Kier alpha value is -1.63. The lowest BCUT2D eigenvalue weighted by Crippen LogP contribution is -2.11. The van der Waals surface area contributed by atoms with E-state index in [2.05, 4.69) is 36.3 Å². The molecule has 3 N–H and O–H groups in total. The van der Waals surface area contributed by atoms with Crippen LogP contribution in [-0.4, -0.2) is 26.3 Å². The molecule has 0 atom stereocenters. The van der Waals surface area contributed by atoms with Gasteiger partial charge < -0.3 is 11.1 Å². The number of nitrogens with two attached hydrogens (primary N) is 1. The molecular formula is C10H13BrN6. The zero-order valence-corrected chi connectivity index (χ0v) is 11.0. The van der Waals surface area contributed by atoms with Crippen LogP contribution < -0.4 is 11.1 Å². The fraction of sp³-hybridized carbons (Fsp3) is 0.300. The van der Waals surface area contributed by atoms with Crippen LogP contribution >= 0.6 is 15.9 Å². The van der Waals surface area contributed by atoms with Crippen molar-refractivity contribution in [3.8, 4) is 0 Å². The highest BCUT2D eigenvalue weighted by Gasteiger charge is 2.01. The van der Waals surface area contributed by atoms with Crippen LogP contribution in [0.4, 0.5) is 11.8 Å². The summed E-state index contributed by atoms with van der Waals surface area (Å²) in [6.45, 7) is 0.732. The van der Waals surface area contributed by atoms with E-state index in [1.54, 1.807) is 12.3 Å². The van der Waals surface area contributed by atoms with Crippen LogP contribution in [0.1, 0.15) is 5.69 Å². The van der Waals surface area contributed by atoms with Gasteiger partial charge in [0.05, 0.1) is 0 Å². The number of aryl methyl sites for hydroxylation is 1. The summed E-state index contributed by atoms with van der Waals surface area (Å²) in [7, 11) is 1.92. The first-order valence-corrected chi connectivity index (χ1v) is 5.95. The van der Waals surface area contributed by atoms with Crippen molar-refractivity contribution in [3.05, 3.63) is 28.6 Å². The van der Waals surface area contributed by atoms with Crippen molar-refractivity contribution in [1.82, 2.24) is 19.7 Å². The molecular weight excluding hydrogens is 284 g/mol. The number of hydrogen-bond acceptors (Lipinski definition) is 5. The highest BCUT2D eigenvalue weighted by Crippen LogP contribution is 2.12. The second-order valence-corrected chi connectivity index (χ2v) is 4.37. The van der Waals surface area contributed by atoms with Gasteiger partial charge in [0.2, 0.25) is 5.95 Å². The highest BCUT2D eigenvalue weighted by atomic mass is 79.9. The molecule has 6 nitrogen and oxygen atoms in total. The van der Waals surface area contributed by atoms with Crippen LogP contribution in [0.2, 0.25) is 0 Å². The summed E-state index contributed by atoms with van der Waals surface area (Å²) in [4.78, 5) is 8.25. The van der Waals surface area contributed by atoms with Crippen molar-refractivity contribution >= 4 is 27.7 Å². The molecule has 0 fully saturated rings. The Morgan fingerprint density at radius 1 is 1.47 bits per heavy atom. The number of aromatic nitrogens is 4. The van der Waals surface area contributed by atoms with Gasteiger partial charge >= 0.3 is 0 Å². The average Bonchev–Trinajstić information content (AvgIpc) is 2.63. The summed E-state index contributed by atoms with van der Waals surface area (Å²) in [5.41, 5.74) is 6.77. The SMILES string of the molecule is Cn1nccc1CCNc1nc(N)cc(Br)n1. The minimum absolute atomic E-state index is 0.440. The van der Waals surface area contributed by atoms with Crippen LogP contribution in [0.3, 0.4) is 0 Å². The molecule has 0 aliphatic carbocycles. The maximum Gasteiger partial charge on any atom is 0.225 e. The third-order valence-corrected chi connectivity index (χ3v) is 2.71. The molecule has 0 bridgehead atoms. The number of rotatable bonds is 4. The van der Waals surface area contributed by atoms with Crippen LogP contribution in [-0.2, 0) is 13.5 Å². The number of nitrogens with one attached hydrogen (secondary N) is 1. The van der Waals surface area contributed by atoms with Gasteiger partial charge in [0.1, 0.15) is 10.4 Å². The van der Waals surface area contributed by atoms with Crippen molar-refractivity contribution in [1.29, 1.82) is 0 Å². The Bertz CT molecular complexity index is 489. The Morgan fingerprint density at radius 3 is 2.94 bits per heavy atom. The largest absolute Gasteiger partial charge is 0.383 e. The Kier molecular flexibility index (Phi) is 3.58. The van der Waals surface area contributed by atoms with Gasteiger partial charge in [-0.05, 0) is 22.0 Å². The average molecular weight is 297 g/mol. The van der Waals surface area contributed by atoms with Gasteiger partial charge in [-0.2, -0.15) is 10.1 Å². The van der Waals surface area contributed by atoms with E-state index in [-0.39, 0.29) is 0 Å². The number of anilines is 2. The second-order valence-electron chi connectivity index (χ2n) is 3.56. The van der Waals surface area contributed by atoms with Gasteiger partial charge in [0.15, 0.2) is 0 Å². The summed E-state index contributed by atoms with van der Waals surface area (Å²) in [6, 6.07) is 3.64. The number of halogens is 1. The summed E-state index contributed by atoms with van der Waals surface area (Å²) in [5.74, 6) is 0.967. The first-order chi connectivity index (χ1) is 8.15. The van der Waals surface area contributed by atoms with E-state index in [9.17, 15) is 0 Å². The first-order valence-electron chi connectivity index (χ1n) is 5.16. The van der Waals surface area contributed by atoms with Crippen LogP contribution in [0.25, 0.3) is 0 Å². The molecule has 17 heavy (non-hydrogen) atoms. The molecule has 0 saturated heterocycles. The molecule has 2 rings (SSSR count). The third-order valence-electron chi connectivity index (χ3n) is 2.30. The maximum atomic E-state index is 5.61. The van der Waals surface area contributed by atoms with Crippen molar-refractivity contribution in [2.24, 2.45) is 7.05 Å². The molecule has 0 unspecified atom stereocenters. The van der Waals surface area contributed by atoms with Gasteiger partial charge in [-0.15, -0.1) is 0 Å². The number of nitrogen functional groups attached to an aromatic ring is 1. The summed E-state index contributed by atoms with van der Waals surface area (Å²) < 4.78 is 2.52. The molecule has 2 heterocycles. The van der Waals surface area contributed by atoms with E-state index < -0.39 is 0 Å². The Labute approximate surface area is 107 Å². The smallest absolute Gasteiger partial charge is 0.225 e. The van der Waals surface area contributed by atoms with Crippen LogP contribution in [0.15, 0.2) is 22.9 Å². The summed E-state index contributed by atoms with van der Waals surface area (Å²) >= 11 is 3.27. The first kappa shape index (κ1) is 11.8. The van der Waals surface area contributed by atoms with E-state index in [1.807, 2.05) is 17.8 Å². The fourth-order valence-corrected chi connectivity index (χ4v) is 1.87. The van der Waals surface area contributed by atoms with E-state index in [1.165, 1.54) is 0 Å². The zero-order chi connectivity index (χ0) is 12.3. The normalized spacial score (nSPS) is 10.5. The Morgan fingerprint density at radius 2 is 2.29 bits per heavy atom. The minimum Gasteiger partial charge on any atom is -0.383 e. The monoisotopic (exact) mass is 296 g/mol. The number of nitrogens with zero attached hydrogens (tertiary/aromatic N) is 4. The third kappa shape index (κ3) is 3.16. The van der Waals surface area contributed by atoms with Crippen LogP contribution in [0, 0.1) is 0 Å². The lowest BCUT2D eigenvalue weighted by molar-refractivity contribution is 0.710.